The van der Waals surface area contributed by atoms with Gasteiger partial charge in [-0.1, -0.05) is 30.3 Å². The van der Waals surface area contributed by atoms with E-state index in [9.17, 15) is 14.7 Å². The lowest BCUT2D eigenvalue weighted by molar-refractivity contribution is -0.139. The minimum absolute atomic E-state index is 0.0690. The van der Waals surface area contributed by atoms with Crippen LogP contribution in [0.25, 0.3) is 0 Å². The van der Waals surface area contributed by atoms with E-state index in [1.807, 2.05) is 18.2 Å². The van der Waals surface area contributed by atoms with Gasteiger partial charge < -0.3 is 19.7 Å². The summed E-state index contributed by atoms with van der Waals surface area (Å²) in [6, 6.07) is 7.86. The molecule has 7 heteroatoms. The number of amides is 1. The van der Waals surface area contributed by atoms with Gasteiger partial charge >= 0.3 is 12.1 Å². The standard InChI is InChI=1S/C14H15N3O4/c1-17-8-7-15-12(17)11(13(18)19)16-14(20)21-9-10-5-3-2-4-6-10/h2-8,11H,9H2,1H3,(H,16,20)(H,18,19). The van der Waals surface area contributed by atoms with Crippen LogP contribution in [0.4, 0.5) is 4.79 Å². The quantitative estimate of drug-likeness (QED) is 0.869. The predicted octanol–water partition coefficient (Wildman–Crippen LogP) is 1.47. The van der Waals surface area contributed by atoms with E-state index in [-0.39, 0.29) is 12.4 Å². The molecule has 1 unspecified atom stereocenters. The number of rotatable bonds is 5. The van der Waals surface area contributed by atoms with Crippen molar-refractivity contribution in [2.24, 2.45) is 7.05 Å². The minimum Gasteiger partial charge on any atom is -0.479 e. The van der Waals surface area contributed by atoms with Crippen LogP contribution in [0.15, 0.2) is 42.7 Å². The highest BCUT2D eigenvalue weighted by atomic mass is 16.5. The summed E-state index contributed by atoms with van der Waals surface area (Å²) in [6.45, 7) is 0.0690. The molecule has 1 amide bonds. The predicted molar refractivity (Wildman–Crippen MR) is 73.3 cm³/mol. The molecule has 0 saturated carbocycles. The first-order valence-corrected chi connectivity index (χ1v) is 6.25. The van der Waals surface area contributed by atoms with Crippen molar-refractivity contribution < 1.29 is 19.4 Å². The molecule has 2 N–H and O–H groups in total. The molecular formula is C14H15N3O4. The zero-order chi connectivity index (χ0) is 15.2. The van der Waals surface area contributed by atoms with E-state index in [0.717, 1.165) is 5.56 Å². The number of hydrogen-bond donors (Lipinski definition) is 2. The first-order valence-electron chi connectivity index (χ1n) is 6.25. The molecule has 0 aliphatic rings. The number of aromatic nitrogens is 2. The zero-order valence-electron chi connectivity index (χ0n) is 11.4. The molecule has 0 fully saturated rings. The summed E-state index contributed by atoms with van der Waals surface area (Å²) in [5.41, 5.74) is 0.816. The lowest BCUT2D eigenvalue weighted by Gasteiger charge is -2.14. The van der Waals surface area contributed by atoms with Gasteiger partial charge in [0.05, 0.1) is 0 Å². The fourth-order valence-electron chi connectivity index (χ4n) is 1.77. The number of carbonyl (C=O) groups is 2. The number of nitrogens with zero attached hydrogens (tertiary/aromatic N) is 2. The number of alkyl carbamates (subject to hydrolysis) is 1. The van der Waals surface area contributed by atoms with E-state index >= 15 is 0 Å². The molecule has 7 nitrogen and oxygen atoms in total. The number of benzene rings is 1. The van der Waals surface area contributed by atoms with Crippen LogP contribution in [0.2, 0.25) is 0 Å². The van der Waals surface area contributed by atoms with E-state index in [1.165, 1.54) is 10.8 Å². The average molecular weight is 289 g/mol. The molecule has 1 aromatic heterocycles. The molecule has 0 saturated heterocycles. The van der Waals surface area contributed by atoms with Gasteiger partial charge in [-0.25, -0.2) is 14.6 Å². The Morgan fingerprint density at radius 1 is 1.38 bits per heavy atom. The summed E-state index contributed by atoms with van der Waals surface area (Å²) < 4.78 is 6.52. The summed E-state index contributed by atoms with van der Waals surface area (Å²) >= 11 is 0. The van der Waals surface area contributed by atoms with Gasteiger partial charge in [-0.15, -0.1) is 0 Å². The molecule has 0 spiro atoms. The maximum absolute atomic E-state index is 11.7. The van der Waals surface area contributed by atoms with Gasteiger partial charge in [0.1, 0.15) is 12.4 Å². The number of nitrogens with one attached hydrogen (secondary N) is 1. The summed E-state index contributed by atoms with van der Waals surface area (Å²) in [5.74, 6) is -0.986. The van der Waals surface area contributed by atoms with Gasteiger partial charge in [0.15, 0.2) is 6.04 Å². The lowest BCUT2D eigenvalue weighted by atomic mass is 10.2. The van der Waals surface area contributed by atoms with Crippen LogP contribution in [-0.2, 0) is 23.2 Å². The Balaban J connectivity index is 1.96. The number of carboxylic acids is 1. The lowest BCUT2D eigenvalue weighted by Crippen LogP contribution is -2.35. The van der Waals surface area contributed by atoms with E-state index in [4.69, 9.17) is 4.74 Å². The molecular weight excluding hydrogens is 274 g/mol. The van der Waals surface area contributed by atoms with Gasteiger partial charge in [0.2, 0.25) is 0 Å². The molecule has 0 bridgehead atoms. The zero-order valence-corrected chi connectivity index (χ0v) is 11.4. The second-order valence-electron chi connectivity index (χ2n) is 4.37. The van der Waals surface area contributed by atoms with Crippen molar-refractivity contribution in [3.05, 3.63) is 54.1 Å². The highest BCUT2D eigenvalue weighted by Gasteiger charge is 2.26. The second-order valence-corrected chi connectivity index (χ2v) is 4.37. The maximum atomic E-state index is 11.7. The van der Waals surface area contributed by atoms with Crippen molar-refractivity contribution in [1.29, 1.82) is 0 Å². The highest BCUT2D eigenvalue weighted by molar-refractivity contribution is 5.80. The van der Waals surface area contributed by atoms with Crippen LogP contribution in [0.3, 0.4) is 0 Å². The monoisotopic (exact) mass is 289 g/mol. The Hall–Kier alpha value is -2.83. The molecule has 21 heavy (non-hydrogen) atoms. The number of imidazole rings is 1. The number of aryl methyl sites for hydroxylation is 1. The Morgan fingerprint density at radius 2 is 2.10 bits per heavy atom. The van der Waals surface area contributed by atoms with Crippen molar-refractivity contribution in [1.82, 2.24) is 14.9 Å². The normalized spacial score (nSPS) is 11.7. The molecule has 1 heterocycles. The van der Waals surface area contributed by atoms with Crippen LogP contribution in [0.1, 0.15) is 17.4 Å². The Labute approximate surface area is 121 Å². The van der Waals surface area contributed by atoms with Gasteiger partial charge in [-0.3, -0.25) is 0 Å². The third kappa shape index (κ3) is 3.82. The minimum atomic E-state index is -1.26. The van der Waals surface area contributed by atoms with Crippen molar-refractivity contribution in [2.45, 2.75) is 12.6 Å². The van der Waals surface area contributed by atoms with Gasteiger partial charge in [-0.2, -0.15) is 0 Å². The molecule has 1 atom stereocenters. The summed E-state index contributed by atoms with van der Waals surface area (Å²) in [5, 5.41) is 11.5. The van der Waals surface area contributed by atoms with Crippen molar-refractivity contribution >= 4 is 12.1 Å². The fourth-order valence-corrected chi connectivity index (χ4v) is 1.77. The number of carboxylic acid groups (broad SMARTS) is 1. The second kappa shape index (κ2) is 6.56. The van der Waals surface area contributed by atoms with E-state index in [0.29, 0.717) is 0 Å². The Bertz CT molecular complexity index is 624. The summed E-state index contributed by atoms with van der Waals surface area (Å²) in [7, 11) is 1.65. The maximum Gasteiger partial charge on any atom is 0.408 e. The van der Waals surface area contributed by atoms with Crippen molar-refractivity contribution in [3.8, 4) is 0 Å². The number of carbonyl (C=O) groups excluding carboxylic acids is 1. The van der Waals surface area contributed by atoms with Gasteiger partial charge in [-0.05, 0) is 5.56 Å². The van der Waals surface area contributed by atoms with Crippen molar-refractivity contribution in [3.63, 3.8) is 0 Å². The van der Waals surface area contributed by atoms with Crippen LogP contribution in [-0.4, -0.2) is 26.7 Å². The third-order valence-corrected chi connectivity index (χ3v) is 2.84. The Morgan fingerprint density at radius 3 is 2.67 bits per heavy atom. The largest absolute Gasteiger partial charge is 0.479 e. The van der Waals surface area contributed by atoms with E-state index < -0.39 is 18.1 Å². The van der Waals surface area contributed by atoms with E-state index in [1.54, 1.807) is 25.4 Å². The van der Waals surface area contributed by atoms with Crippen LogP contribution in [0, 0.1) is 0 Å². The van der Waals surface area contributed by atoms with Crippen LogP contribution < -0.4 is 5.32 Å². The number of hydrogen-bond acceptors (Lipinski definition) is 4. The van der Waals surface area contributed by atoms with Gasteiger partial charge in [0, 0.05) is 19.4 Å². The number of ether oxygens (including phenoxy) is 1. The topological polar surface area (TPSA) is 93.5 Å². The molecule has 0 radical (unpaired) electrons. The SMILES string of the molecule is Cn1ccnc1C(NC(=O)OCc1ccccc1)C(=O)O. The highest BCUT2D eigenvalue weighted by Crippen LogP contribution is 2.10. The smallest absolute Gasteiger partial charge is 0.408 e. The average Bonchev–Trinajstić information content (AvgIpc) is 2.89. The van der Waals surface area contributed by atoms with Crippen LogP contribution in [0.5, 0.6) is 0 Å². The number of aliphatic carboxylic acids is 1. The third-order valence-electron chi connectivity index (χ3n) is 2.84. The Kier molecular flexibility index (Phi) is 4.55. The van der Waals surface area contributed by atoms with Crippen LogP contribution >= 0.6 is 0 Å². The van der Waals surface area contributed by atoms with E-state index in [2.05, 4.69) is 10.3 Å². The molecule has 1 aromatic carbocycles. The molecule has 0 aliphatic carbocycles. The first-order chi connectivity index (χ1) is 10.1. The molecule has 2 rings (SSSR count). The molecule has 110 valence electrons. The van der Waals surface area contributed by atoms with Crippen molar-refractivity contribution in [2.75, 3.05) is 0 Å². The van der Waals surface area contributed by atoms with Gasteiger partial charge in [0.25, 0.3) is 0 Å². The first kappa shape index (κ1) is 14.6. The summed E-state index contributed by atoms with van der Waals surface area (Å²) in [6.07, 6.45) is 2.25. The fraction of sp³-hybridized carbons (Fsp3) is 0.214. The summed E-state index contributed by atoms with van der Waals surface area (Å²) in [4.78, 5) is 26.9. The molecule has 0 aliphatic heterocycles. The molecule has 2 aromatic rings.